The second-order valence-corrected chi connectivity index (χ2v) is 8.11. The summed E-state index contributed by atoms with van der Waals surface area (Å²) < 4.78 is 16.7. The molecule has 0 aliphatic carbocycles. The van der Waals surface area contributed by atoms with Crippen LogP contribution in [-0.4, -0.2) is 13.2 Å². The molecule has 0 saturated heterocycles. The summed E-state index contributed by atoms with van der Waals surface area (Å²) >= 11 is 5.72. The van der Waals surface area contributed by atoms with Gasteiger partial charge in [0.1, 0.15) is 0 Å². The summed E-state index contributed by atoms with van der Waals surface area (Å²) in [5.41, 5.74) is 2.87. The summed E-state index contributed by atoms with van der Waals surface area (Å²) in [5, 5.41) is 1.02. The Morgan fingerprint density at radius 2 is 1.90 bits per heavy atom. The molecule has 2 heterocycles. The second-order valence-electron chi connectivity index (χ2n) is 4.78. The lowest BCUT2D eigenvalue weighted by Crippen LogP contribution is -2.07. The fourth-order valence-corrected chi connectivity index (χ4v) is 4.52. The number of pyridine rings is 1. The first kappa shape index (κ1) is 15.2. The van der Waals surface area contributed by atoms with Gasteiger partial charge in [0.25, 0.3) is 0 Å². The molecule has 0 spiro atoms. The number of nitrogens with zero attached hydrogens (tertiary/aromatic N) is 2. The van der Waals surface area contributed by atoms with Gasteiger partial charge in [-0.1, -0.05) is 17.7 Å². The highest BCUT2D eigenvalue weighted by Crippen LogP contribution is 2.30. The molecule has 1 atom stereocenters. The van der Waals surface area contributed by atoms with E-state index in [4.69, 9.17) is 0 Å². The first-order valence-electron chi connectivity index (χ1n) is 6.30. The fourth-order valence-electron chi connectivity index (χ4n) is 2.16. The molecule has 0 N–H and O–H groups in total. The van der Waals surface area contributed by atoms with E-state index in [0.717, 1.165) is 35.2 Å². The molecule has 3 nitrogen and oxygen atoms in total. The van der Waals surface area contributed by atoms with Crippen molar-refractivity contribution in [1.29, 1.82) is 0 Å². The topological polar surface area (TPSA) is 34.9 Å². The first-order chi connectivity index (χ1) is 9.99. The van der Waals surface area contributed by atoms with Crippen LogP contribution in [0.25, 0.3) is 11.0 Å². The summed E-state index contributed by atoms with van der Waals surface area (Å²) in [4.78, 5) is 5.22. The molecule has 0 aliphatic rings. The molecule has 0 radical (unpaired) electrons. The van der Waals surface area contributed by atoms with Gasteiger partial charge < -0.3 is 0 Å². The first-order valence-corrected chi connectivity index (χ1v) is 9.28. The van der Waals surface area contributed by atoms with E-state index in [-0.39, 0.29) is 0 Å². The monoisotopic (exact) mass is 474 g/mol. The molecule has 1 unspecified atom stereocenters. The Balaban J connectivity index is 2.22. The molecule has 1 aromatic carbocycles. The fraction of sp³-hybridized carbons (Fsp3) is 0.133. The van der Waals surface area contributed by atoms with Crippen molar-refractivity contribution in [2.75, 3.05) is 0 Å². The number of halogens is 2. The van der Waals surface area contributed by atoms with E-state index in [9.17, 15) is 4.21 Å². The molecule has 0 saturated carbocycles. The van der Waals surface area contributed by atoms with E-state index in [1.165, 1.54) is 0 Å². The van der Waals surface area contributed by atoms with Crippen molar-refractivity contribution in [3.63, 3.8) is 0 Å². The van der Waals surface area contributed by atoms with Crippen LogP contribution in [0.4, 0.5) is 0 Å². The van der Waals surface area contributed by atoms with Crippen molar-refractivity contribution >= 4 is 60.5 Å². The van der Waals surface area contributed by atoms with Crippen molar-refractivity contribution in [2.24, 2.45) is 0 Å². The maximum absolute atomic E-state index is 12.9. The molecular formula is C15H12BrIN2OS. The quantitative estimate of drug-likeness (QED) is 0.509. The zero-order valence-electron chi connectivity index (χ0n) is 11.4. The van der Waals surface area contributed by atoms with Crippen molar-refractivity contribution in [3.05, 3.63) is 55.8 Å². The Bertz CT molecular complexity index is 858. The number of benzene rings is 1. The highest BCUT2D eigenvalue weighted by molar-refractivity contribution is 14.1. The zero-order valence-corrected chi connectivity index (χ0v) is 16.0. The van der Waals surface area contributed by atoms with E-state index in [1.54, 1.807) is 10.2 Å². The molecule has 108 valence electrons. The summed E-state index contributed by atoms with van der Waals surface area (Å²) in [7, 11) is -1.29. The third-order valence-electron chi connectivity index (χ3n) is 3.27. The smallest absolute Gasteiger partial charge is 0.158 e. The molecule has 2 aromatic heterocycles. The average Bonchev–Trinajstić information content (AvgIpc) is 2.71. The summed E-state index contributed by atoms with van der Waals surface area (Å²) in [5.74, 6) is 0. The minimum atomic E-state index is -1.29. The number of aromatic nitrogens is 2. The van der Waals surface area contributed by atoms with Gasteiger partial charge in [0.05, 0.1) is 4.90 Å². The van der Waals surface area contributed by atoms with Crippen LogP contribution in [0.15, 0.2) is 45.9 Å². The molecule has 0 bridgehead atoms. The summed E-state index contributed by atoms with van der Waals surface area (Å²) in [6, 6.07) is 9.78. The lowest BCUT2D eigenvalue weighted by atomic mass is 10.2. The normalized spacial score (nSPS) is 12.8. The molecule has 0 fully saturated rings. The van der Waals surface area contributed by atoms with Crippen LogP contribution in [-0.2, 0) is 11.0 Å². The van der Waals surface area contributed by atoms with Crippen LogP contribution in [0.2, 0.25) is 0 Å². The average molecular weight is 475 g/mol. The van der Waals surface area contributed by atoms with E-state index >= 15 is 0 Å². The third kappa shape index (κ3) is 2.68. The Morgan fingerprint density at radius 1 is 1.24 bits per heavy atom. The maximum Gasteiger partial charge on any atom is 0.158 e. The number of aryl methyl sites for hydroxylation is 1. The predicted molar refractivity (Wildman–Crippen MR) is 97.9 cm³/mol. The highest BCUT2D eigenvalue weighted by Gasteiger charge is 2.18. The molecule has 3 rings (SSSR count). The molecule has 6 heteroatoms. The molecule has 21 heavy (non-hydrogen) atoms. The number of fused-ring (bicyclic) bond motifs is 1. The van der Waals surface area contributed by atoms with Gasteiger partial charge >= 0.3 is 0 Å². The van der Waals surface area contributed by atoms with Crippen molar-refractivity contribution in [2.45, 2.75) is 18.7 Å². The number of hydrogen-bond acceptors (Lipinski definition) is 2. The Kier molecular flexibility index (Phi) is 4.20. The van der Waals surface area contributed by atoms with E-state index in [2.05, 4.69) is 43.5 Å². The second kappa shape index (κ2) is 5.81. The van der Waals surface area contributed by atoms with Crippen molar-refractivity contribution in [3.8, 4) is 0 Å². The van der Waals surface area contributed by atoms with Gasteiger partial charge in [-0.25, -0.2) is 13.2 Å². The van der Waals surface area contributed by atoms with Crippen LogP contribution in [0.1, 0.15) is 11.3 Å². The number of rotatable bonds is 2. The van der Waals surface area contributed by atoms with Crippen molar-refractivity contribution in [1.82, 2.24) is 8.96 Å². The van der Waals surface area contributed by atoms with Gasteiger partial charge in [-0.15, -0.1) is 0 Å². The lowest BCUT2D eigenvalue weighted by Gasteiger charge is -2.07. The van der Waals surface area contributed by atoms with E-state index in [1.807, 2.05) is 44.2 Å². The summed E-state index contributed by atoms with van der Waals surface area (Å²) in [6.45, 7) is 3.99. The Labute approximate surface area is 147 Å². The van der Waals surface area contributed by atoms with Crippen molar-refractivity contribution < 1.29 is 4.21 Å². The molecular weight excluding hydrogens is 463 g/mol. The summed E-state index contributed by atoms with van der Waals surface area (Å²) in [6.07, 6.45) is 1.74. The third-order valence-corrected chi connectivity index (χ3v) is 6.52. The molecule has 0 aliphatic heterocycles. The maximum atomic E-state index is 12.9. The van der Waals surface area contributed by atoms with Crippen LogP contribution in [0.5, 0.6) is 0 Å². The van der Waals surface area contributed by atoms with E-state index in [0.29, 0.717) is 0 Å². The van der Waals surface area contributed by atoms with Crippen LogP contribution in [0, 0.1) is 17.4 Å². The van der Waals surface area contributed by atoms with Gasteiger partial charge in [-0.2, -0.15) is 0 Å². The largest absolute Gasteiger partial charge is 0.242 e. The van der Waals surface area contributed by atoms with Gasteiger partial charge in [-0.3, -0.25) is 0 Å². The highest BCUT2D eigenvalue weighted by atomic mass is 127. The zero-order chi connectivity index (χ0) is 15.1. The molecule has 3 aromatic rings. The van der Waals surface area contributed by atoms with Crippen LogP contribution in [0.3, 0.4) is 0 Å². The SMILES string of the molecule is Cc1ccc(S(=O)n2c(C)c(I)c3cc(Br)cnc32)cc1. The number of hydrogen-bond donors (Lipinski definition) is 0. The predicted octanol–water partition coefficient (Wildman–Crippen LogP) is 4.59. The lowest BCUT2D eigenvalue weighted by molar-refractivity contribution is 0.677. The minimum Gasteiger partial charge on any atom is -0.242 e. The van der Waals surface area contributed by atoms with Gasteiger partial charge in [-0.05, 0) is 70.6 Å². The Morgan fingerprint density at radius 3 is 2.57 bits per heavy atom. The van der Waals surface area contributed by atoms with Gasteiger partial charge in [0.2, 0.25) is 0 Å². The molecule has 0 amide bonds. The minimum absolute atomic E-state index is 0.749. The standard InChI is InChI=1S/C15H12BrIN2OS/c1-9-3-5-12(6-4-9)21(20)19-10(2)14(17)13-7-11(16)8-18-15(13)19/h3-8H,1-2H3. The van der Waals surface area contributed by atoms with Gasteiger partial charge in [0.15, 0.2) is 16.6 Å². The van der Waals surface area contributed by atoms with Crippen LogP contribution < -0.4 is 0 Å². The van der Waals surface area contributed by atoms with E-state index < -0.39 is 11.0 Å². The van der Waals surface area contributed by atoms with Crippen LogP contribution >= 0.6 is 38.5 Å². The Hall–Kier alpha value is -0.730. The van der Waals surface area contributed by atoms with Gasteiger partial charge in [0, 0.05) is 25.3 Å².